The fourth-order valence-corrected chi connectivity index (χ4v) is 1.96. The van der Waals surface area contributed by atoms with Gasteiger partial charge in [-0.25, -0.2) is 4.98 Å². The summed E-state index contributed by atoms with van der Waals surface area (Å²) < 4.78 is 0. The Labute approximate surface area is 90.5 Å². The number of nitrogens with one attached hydrogen (secondary N) is 1. The normalized spacial score (nSPS) is 10.5. The van der Waals surface area contributed by atoms with Gasteiger partial charge in [0.1, 0.15) is 0 Å². The molecule has 2 nitrogen and oxygen atoms in total. The smallest absolute Gasteiger partial charge is 0.0989 e. The molecule has 0 aliphatic heterocycles. The third-order valence-electron chi connectivity index (χ3n) is 1.95. The molecule has 0 atom stereocenters. The molecule has 0 fully saturated rings. The zero-order chi connectivity index (χ0) is 10.4. The van der Waals surface area contributed by atoms with Crippen LogP contribution in [0.4, 0.5) is 0 Å². The van der Waals surface area contributed by atoms with Gasteiger partial charge in [-0.15, -0.1) is 11.8 Å². The molecule has 0 radical (unpaired) electrons. The van der Waals surface area contributed by atoms with Gasteiger partial charge in [-0.05, 0) is 30.3 Å². The van der Waals surface area contributed by atoms with E-state index in [4.69, 9.17) is 0 Å². The first kappa shape index (κ1) is 11.5. The van der Waals surface area contributed by atoms with E-state index in [-0.39, 0.29) is 0 Å². The van der Waals surface area contributed by atoms with Crippen LogP contribution >= 0.6 is 11.8 Å². The second-order valence-electron chi connectivity index (χ2n) is 3.18. The van der Waals surface area contributed by atoms with E-state index >= 15 is 0 Å². The number of aromatic nitrogens is 1. The van der Waals surface area contributed by atoms with Crippen LogP contribution in [0.25, 0.3) is 0 Å². The molecular formula is C11H18N2S. The van der Waals surface area contributed by atoms with Crippen LogP contribution in [0.5, 0.6) is 0 Å². The molecule has 0 amide bonds. The number of hydrogen-bond donors (Lipinski definition) is 1. The molecule has 0 bridgehead atoms. The monoisotopic (exact) mass is 210 g/mol. The molecule has 14 heavy (non-hydrogen) atoms. The lowest BCUT2D eigenvalue weighted by atomic mass is 10.2. The van der Waals surface area contributed by atoms with Crippen molar-refractivity contribution in [2.45, 2.75) is 32.3 Å². The van der Waals surface area contributed by atoms with Gasteiger partial charge in [0.2, 0.25) is 0 Å². The van der Waals surface area contributed by atoms with E-state index in [1.54, 1.807) is 11.8 Å². The number of pyridine rings is 1. The van der Waals surface area contributed by atoms with Crippen molar-refractivity contribution in [2.24, 2.45) is 0 Å². The Kier molecular flexibility index (Phi) is 4.98. The van der Waals surface area contributed by atoms with Gasteiger partial charge in [-0.2, -0.15) is 0 Å². The van der Waals surface area contributed by atoms with Gasteiger partial charge in [0.15, 0.2) is 0 Å². The zero-order valence-corrected chi connectivity index (χ0v) is 9.95. The summed E-state index contributed by atoms with van der Waals surface area (Å²) in [6, 6.07) is 2.22. The average Bonchev–Trinajstić information content (AvgIpc) is 2.19. The number of nitrogens with zero attached hydrogens (tertiary/aromatic N) is 1. The molecule has 0 saturated heterocycles. The number of aryl methyl sites for hydroxylation is 1. The van der Waals surface area contributed by atoms with Gasteiger partial charge in [0.05, 0.1) is 5.03 Å². The van der Waals surface area contributed by atoms with Gasteiger partial charge in [-0.3, -0.25) is 0 Å². The number of hydrogen-bond acceptors (Lipinski definition) is 3. The molecule has 3 heteroatoms. The molecule has 1 aromatic heterocycles. The van der Waals surface area contributed by atoms with Gasteiger partial charge < -0.3 is 5.32 Å². The van der Waals surface area contributed by atoms with Crippen LogP contribution in [0.1, 0.15) is 25.0 Å². The first-order chi connectivity index (χ1) is 6.77. The second kappa shape index (κ2) is 6.04. The maximum Gasteiger partial charge on any atom is 0.0989 e. The molecule has 0 aliphatic carbocycles. The molecule has 78 valence electrons. The van der Waals surface area contributed by atoms with Crippen LogP contribution < -0.4 is 5.32 Å². The molecule has 0 saturated carbocycles. The standard InChI is InChI=1S/C11H18N2S/c1-4-12-7-10-6-9(3)11(13-8-10)14-5-2/h6,8,12H,4-5,7H2,1-3H3. The summed E-state index contributed by atoms with van der Waals surface area (Å²) in [5.41, 5.74) is 2.55. The van der Waals surface area contributed by atoms with Crippen molar-refractivity contribution >= 4 is 11.8 Å². The van der Waals surface area contributed by atoms with Crippen molar-refractivity contribution in [3.8, 4) is 0 Å². The second-order valence-corrected chi connectivity index (χ2v) is 4.43. The summed E-state index contributed by atoms with van der Waals surface area (Å²) in [4.78, 5) is 4.44. The Bertz CT molecular complexity index is 287. The molecule has 0 aromatic carbocycles. The molecule has 1 heterocycles. The Morgan fingerprint density at radius 1 is 1.43 bits per heavy atom. The minimum atomic E-state index is 0.918. The van der Waals surface area contributed by atoms with Crippen LogP contribution in [-0.2, 0) is 6.54 Å². The highest BCUT2D eigenvalue weighted by Gasteiger charge is 2.00. The largest absolute Gasteiger partial charge is 0.313 e. The predicted octanol–water partition coefficient (Wildman–Crippen LogP) is 2.61. The predicted molar refractivity (Wildman–Crippen MR) is 62.8 cm³/mol. The van der Waals surface area contributed by atoms with Gasteiger partial charge in [0, 0.05) is 12.7 Å². The lowest BCUT2D eigenvalue weighted by Gasteiger charge is -2.06. The Balaban J connectivity index is 2.68. The van der Waals surface area contributed by atoms with Crippen molar-refractivity contribution in [3.63, 3.8) is 0 Å². The van der Waals surface area contributed by atoms with Crippen molar-refractivity contribution in [2.75, 3.05) is 12.3 Å². The van der Waals surface area contributed by atoms with Crippen LogP contribution in [-0.4, -0.2) is 17.3 Å². The fraction of sp³-hybridized carbons (Fsp3) is 0.545. The maximum atomic E-state index is 4.44. The third kappa shape index (κ3) is 3.31. The van der Waals surface area contributed by atoms with Crippen molar-refractivity contribution in [1.82, 2.24) is 10.3 Å². The minimum Gasteiger partial charge on any atom is -0.313 e. The molecule has 1 N–H and O–H groups in total. The van der Waals surface area contributed by atoms with E-state index < -0.39 is 0 Å². The van der Waals surface area contributed by atoms with Gasteiger partial charge in [-0.1, -0.05) is 19.9 Å². The van der Waals surface area contributed by atoms with Crippen LogP contribution in [0.3, 0.4) is 0 Å². The zero-order valence-electron chi connectivity index (χ0n) is 9.13. The van der Waals surface area contributed by atoms with E-state index in [9.17, 15) is 0 Å². The van der Waals surface area contributed by atoms with E-state index in [2.05, 4.69) is 37.1 Å². The van der Waals surface area contributed by atoms with E-state index in [0.717, 1.165) is 23.9 Å². The van der Waals surface area contributed by atoms with Crippen molar-refractivity contribution in [1.29, 1.82) is 0 Å². The Hall–Kier alpha value is -0.540. The average molecular weight is 210 g/mol. The fourth-order valence-electron chi connectivity index (χ4n) is 1.27. The Morgan fingerprint density at radius 2 is 2.21 bits per heavy atom. The number of thioether (sulfide) groups is 1. The SMILES string of the molecule is CCNCc1cnc(SCC)c(C)c1. The molecule has 0 spiro atoms. The van der Waals surface area contributed by atoms with Crippen LogP contribution in [0.15, 0.2) is 17.3 Å². The molecule has 1 rings (SSSR count). The molecule has 0 unspecified atom stereocenters. The summed E-state index contributed by atoms with van der Waals surface area (Å²) >= 11 is 1.80. The van der Waals surface area contributed by atoms with Gasteiger partial charge in [0.25, 0.3) is 0 Å². The van der Waals surface area contributed by atoms with Crippen molar-refractivity contribution in [3.05, 3.63) is 23.4 Å². The van der Waals surface area contributed by atoms with Crippen molar-refractivity contribution < 1.29 is 0 Å². The summed E-state index contributed by atoms with van der Waals surface area (Å²) in [7, 11) is 0. The molecule has 0 aliphatic rings. The quantitative estimate of drug-likeness (QED) is 0.756. The summed E-state index contributed by atoms with van der Waals surface area (Å²) in [5.74, 6) is 1.08. The van der Waals surface area contributed by atoms with Crippen LogP contribution in [0, 0.1) is 6.92 Å². The highest BCUT2D eigenvalue weighted by atomic mass is 32.2. The Morgan fingerprint density at radius 3 is 2.79 bits per heavy atom. The highest BCUT2D eigenvalue weighted by Crippen LogP contribution is 2.19. The van der Waals surface area contributed by atoms with Gasteiger partial charge >= 0.3 is 0 Å². The minimum absolute atomic E-state index is 0.918. The number of rotatable bonds is 5. The first-order valence-electron chi connectivity index (χ1n) is 5.07. The topological polar surface area (TPSA) is 24.9 Å². The molecule has 1 aromatic rings. The lowest BCUT2D eigenvalue weighted by Crippen LogP contribution is -2.12. The molecular weight excluding hydrogens is 192 g/mol. The summed E-state index contributed by atoms with van der Waals surface area (Å²) in [6.07, 6.45) is 1.97. The van der Waals surface area contributed by atoms with Crippen LogP contribution in [0.2, 0.25) is 0 Å². The van der Waals surface area contributed by atoms with E-state index in [0.29, 0.717) is 0 Å². The van der Waals surface area contributed by atoms with E-state index in [1.165, 1.54) is 11.1 Å². The lowest BCUT2D eigenvalue weighted by molar-refractivity contribution is 0.721. The third-order valence-corrected chi connectivity index (χ3v) is 2.94. The highest BCUT2D eigenvalue weighted by molar-refractivity contribution is 7.99. The summed E-state index contributed by atoms with van der Waals surface area (Å²) in [6.45, 7) is 8.31. The maximum absolute atomic E-state index is 4.44. The first-order valence-corrected chi connectivity index (χ1v) is 6.05. The van der Waals surface area contributed by atoms with E-state index in [1.807, 2.05) is 6.20 Å². The summed E-state index contributed by atoms with van der Waals surface area (Å²) in [5, 5.41) is 4.46.